The number of aromatic nitrogens is 2. The van der Waals surface area contributed by atoms with Crippen molar-refractivity contribution in [3.8, 4) is 22.5 Å². The number of hydrogen-bond acceptors (Lipinski definition) is 5. The minimum absolute atomic E-state index is 0.393. The zero-order valence-corrected chi connectivity index (χ0v) is 22.7. The summed E-state index contributed by atoms with van der Waals surface area (Å²) in [4.78, 5) is 29.2. The molecule has 2 heterocycles. The number of nitrogens with one attached hydrogen (secondary N) is 1. The summed E-state index contributed by atoms with van der Waals surface area (Å²) in [7, 11) is 1.36. The monoisotopic (exact) mass is 523 g/mol. The van der Waals surface area contributed by atoms with E-state index < -0.39 is 23.2 Å². The number of carbonyl (C=O) groups is 2. The number of ether oxygens (including phenoxy) is 2. The first-order valence-corrected chi connectivity index (χ1v) is 13.1. The predicted octanol–water partition coefficient (Wildman–Crippen LogP) is 6.76. The molecular weight excluding hydrogens is 490 g/mol. The van der Waals surface area contributed by atoms with Gasteiger partial charge in [0.05, 0.1) is 24.0 Å². The summed E-state index contributed by atoms with van der Waals surface area (Å²) in [5.41, 5.74) is 5.55. The summed E-state index contributed by atoms with van der Waals surface area (Å²) in [5.74, 6) is -0.407. The number of rotatable bonds is 6. The van der Waals surface area contributed by atoms with Crippen LogP contribution in [-0.2, 0) is 19.8 Å². The molecule has 0 atom stereocenters. The van der Waals surface area contributed by atoms with Crippen LogP contribution in [0.3, 0.4) is 0 Å². The van der Waals surface area contributed by atoms with Gasteiger partial charge in [-0.3, -0.25) is 4.40 Å². The van der Waals surface area contributed by atoms with Crippen molar-refractivity contribution < 1.29 is 19.1 Å². The standard InChI is InChI=1S/C32H33N3O4/c1-31(2,3)39-30(37)34-32(19-8-20-32)25-15-13-23(14-16-25)28-29(24-9-6-5-7-10-24)35-21-22(11-17-26(35)33-28)12-18-27(36)38-4/h5-7,9-18,21H,8,19-20H2,1-4H3,(H,34,37)/b18-12+. The second kappa shape index (κ2) is 10.4. The molecule has 1 aliphatic rings. The normalized spacial score (nSPS) is 14.7. The van der Waals surface area contributed by atoms with Crippen LogP contribution >= 0.6 is 0 Å². The van der Waals surface area contributed by atoms with Gasteiger partial charge in [-0.25, -0.2) is 14.6 Å². The van der Waals surface area contributed by atoms with E-state index in [1.165, 1.54) is 13.2 Å². The quantitative estimate of drug-likeness (QED) is 0.223. The molecule has 0 bridgehead atoms. The van der Waals surface area contributed by atoms with E-state index in [0.717, 1.165) is 58.6 Å². The Kier molecular flexibility index (Phi) is 7.00. The Morgan fingerprint density at radius 1 is 0.974 bits per heavy atom. The maximum Gasteiger partial charge on any atom is 0.408 e. The molecule has 0 aliphatic heterocycles. The van der Waals surface area contributed by atoms with Crippen molar-refractivity contribution >= 4 is 23.8 Å². The second-order valence-corrected chi connectivity index (χ2v) is 10.9. The minimum atomic E-state index is -0.551. The number of imidazole rings is 1. The third-order valence-electron chi connectivity index (χ3n) is 6.96. The fourth-order valence-electron chi connectivity index (χ4n) is 4.93. The first kappa shape index (κ1) is 26.2. The molecular formula is C32H33N3O4. The highest BCUT2D eigenvalue weighted by Crippen LogP contribution is 2.42. The van der Waals surface area contributed by atoms with E-state index in [2.05, 4.69) is 41.7 Å². The van der Waals surface area contributed by atoms with E-state index in [-0.39, 0.29) is 0 Å². The molecule has 0 spiro atoms. The van der Waals surface area contributed by atoms with E-state index in [9.17, 15) is 9.59 Å². The van der Waals surface area contributed by atoms with Crippen LogP contribution in [-0.4, -0.2) is 34.2 Å². The molecule has 0 saturated heterocycles. The molecule has 39 heavy (non-hydrogen) atoms. The van der Waals surface area contributed by atoms with Crippen LogP contribution in [0.25, 0.3) is 34.2 Å². The van der Waals surface area contributed by atoms with Crippen molar-refractivity contribution in [1.29, 1.82) is 0 Å². The SMILES string of the molecule is COC(=O)/C=C/c1ccc2nc(-c3ccc(C4(NC(=O)OC(C)(C)C)CCC4)cc3)c(-c3ccccc3)n2c1. The number of amides is 1. The Hall–Kier alpha value is -4.39. The molecule has 2 aromatic heterocycles. The van der Waals surface area contributed by atoms with E-state index >= 15 is 0 Å². The number of nitrogens with zero attached hydrogens (tertiary/aromatic N) is 2. The summed E-state index contributed by atoms with van der Waals surface area (Å²) < 4.78 is 12.3. The Bertz CT molecular complexity index is 1530. The number of esters is 1. The van der Waals surface area contributed by atoms with E-state index in [4.69, 9.17) is 14.5 Å². The highest BCUT2D eigenvalue weighted by Gasteiger charge is 2.41. The van der Waals surface area contributed by atoms with Gasteiger partial charge in [-0.05, 0) is 69.4 Å². The van der Waals surface area contributed by atoms with E-state index in [1.807, 2.05) is 61.7 Å². The van der Waals surface area contributed by atoms with Crippen LogP contribution < -0.4 is 5.32 Å². The lowest BCUT2D eigenvalue weighted by molar-refractivity contribution is -0.134. The molecule has 4 aromatic rings. The van der Waals surface area contributed by atoms with Crippen molar-refractivity contribution in [3.05, 3.63) is 90.1 Å². The highest BCUT2D eigenvalue weighted by molar-refractivity contribution is 5.87. The van der Waals surface area contributed by atoms with Gasteiger partial charge in [0.1, 0.15) is 11.2 Å². The Balaban J connectivity index is 1.52. The smallest absolute Gasteiger partial charge is 0.408 e. The number of fused-ring (bicyclic) bond motifs is 1. The van der Waals surface area contributed by atoms with Crippen molar-refractivity contribution in [3.63, 3.8) is 0 Å². The number of benzene rings is 2. The summed E-state index contributed by atoms with van der Waals surface area (Å²) in [6.45, 7) is 5.60. The first-order valence-electron chi connectivity index (χ1n) is 13.1. The van der Waals surface area contributed by atoms with Gasteiger partial charge in [0.15, 0.2) is 0 Å². The van der Waals surface area contributed by atoms with Gasteiger partial charge in [0.25, 0.3) is 0 Å². The van der Waals surface area contributed by atoms with Crippen molar-refractivity contribution in [2.75, 3.05) is 7.11 Å². The fraction of sp³-hybridized carbons (Fsp3) is 0.281. The molecule has 200 valence electrons. The van der Waals surface area contributed by atoms with Crippen LogP contribution in [0, 0.1) is 0 Å². The molecule has 1 saturated carbocycles. The van der Waals surface area contributed by atoms with Gasteiger partial charge in [-0.1, -0.05) is 54.6 Å². The predicted molar refractivity (Wildman–Crippen MR) is 152 cm³/mol. The molecule has 1 aliphatic carbocycles. The zero-order chi connectivity index (χ0) is 27.6. The number of pyridine rings is 1. The molecule has 0 radical (unpaired) electrons. The molecule has 0 unspecified atom stereocenters. The molecule has 2 aromatic carbocycles. The van der Waals surface area contributed by atoms with Crippen molar-refractivity contribution in [2.45, 2.75) is 51.2 Å². The van der Waals surface area contributed by atoms with Crippen LogP contribution in [0.4, 0.5) is 4.79 Å². The summed E-state index contributed by atoms with van der Waals surface area (Å²) in [6.07, 6.45) is 7.50. The highest BCUT2D eigenvalue weighted by atomic mass is 16.6. The van der Waals surface area contributed by atoms with E-state index in [1.54, 1.807) is 6.08 Å². The maximum absolute atomic E-state index is 12.6. The van der Waals surface area contributed by atoms with Gasteiger partial charge in [-0.2, -0.15) is 0 Å². The molecule has 7 heteroatoms. The average Bonchev–Trinajstić information content (AvgIpc) is 3.28. The van der Waals surface area contributed by atoms with Gasteiger partial charge in [0.2, 0.25) is 0 Å². The molecule has 5 rings (SSSR count). The van der Waals surface area contributed by atoms with Crippen LogP contribution in [0.2, 0.25) is 0 Å². The maximum atomic E-state index is 12.6. The largest absolute Gasteiger partial charge is 0.466 e. The molecule has 1 amide bonds. The third kappa shape index (κ3) is 5.58. The van der Waals surface area contributed by atoms with Crippen molar-refractivity contribution in [2.24, 2.45) is 0 Å². The Morgan fingerprint density at radius 2 is 1.69 bits per heavy atom. The second-order valence-electron chi connectivity index (χ2n) is 10.9. The van der Waals surface area contributed by atoms with Crippen LogP contribution in [0.1, 0.15) is 51.2 Å². The Morgan fingerprint density at radius 3 is 2.31 bits per heavy atom. The number of methoxy groups -OCH3 is 1. The first-order chi connectivity index (χ1) is 18.7. The number of carbonyl (C=O) groups excluding carboxylic acids is 2. The number of alkyl carbamates (subject to hydrolysis) is 1. The minimum Gasteiger partial charge on any atom is -0.466 e. The third-order valence-corrected chi connectivity index (χ3v) is 6.96. The van der Waals surface area contributed by atoms with Crippen molar-refractivity contribution in [1.82, 2.24) is 14.7 Å². The van der Waals surface area contributed by atoms with Gasteiger partial charge in [0, 0.05) is 23.4 Å². The van der Waals surface area contributed by atoms with E-state index in [0.29, 0.717) is 0 Å². The van der Waals surface area contributed by atoms with Gasteiger partial charge in [-0.15, -0.1) is 0 Å². The topological polar surface area (TPSA) is 81.9 Å². The lowest BCUT2D eigenvalue weighted by atomic mass is 9.71. The number of hydrogen-bond donors (Lipinski definition) is 1. The molecule has 1 fully saturated rings. The van der Waals surface area contributed by atoms with Crippen LogP contribution in [0.15, 0.2) is 79.0 Å². The summed E-state index contributed by atoms with van der Waals surface area (Å²) in [5, 5.41) is 3.13. The van der Waals surface area contributed by atoms with Gasteiger partial charge < -0.3 is 14.8 Å². The lowest BCUT2D eigenvalue weighted by Gasteiger charge is -2.43. The average molecular weight is 524 g/mol. The fourth-order valence-corrected chi connectivity index (χ4v) is 4.93. The summed E-state index contributed by atoms with van der Waals surface area (Å²) >= 11 is 0. The molecule has 7 nitrogen and oxygen atoms in total. The lowest BCUT2D eigenvalue weighted by Crippen LogP contribution is -2.52. The van der Waals surface area contributed by atoms with Crippen LogP contribution in [0.5, 0.6) is 0 Å². The Labute approximate surface area is 228 Å². The zero-order valence-electron chi connectivity index (χ0n) is 22.7. The summed E-state index contributed by atoms with van der Waals surface area (Å²) in [6, 6.07) is 22.3. The van der Waals surface area contributed by atoms with Gasteiger partial charge >= 0.3 is 12.1 Å². The molecule has 1 N–H and O–H groups in total.